The minimum atomic E-state index is -0.416. The van der Waals surface area contributed by atoms with Crippen molar-refractivity contribution in [3.8, 4) is 0 Å². The van der Waals surface area contributed by atoms with Crippen LogP contribution in [-0.2, 0) is 4.74 Å². The molecule has 2 aliphatic rings. The van der Waals surface area contributed by atoms with E-state index in [2.05, 4.69) is 24.0 Å². The van der Waals surface area contributed by atoms with Gasteiger partial charge in [0.1, 0.15) is 5.60 Å². The van der Waals surface area contributed by atoms with Crippen molar-refractivity contribution in [2.24, 2.45) is 0 Å². The second kappa shape index (κ2) is 7.43. The van der Waals surface area contributed by atoms with Crippen LogP contribution in [0.25, 0.3) is 0 Å². The molecule has 1 N–H and O–H groups in total. The van der Waals surface area contributed by atoms with Crippen molar-refractivity contribution in [1.29, 1.82) is 0 Å². The van der Waals surface area contributed by atoms with E-state index in [1.165, 1.54) is 12.2 Å². The average molecular weight is 329 g/mol. The predicted molar refractivity (Wildman–Crippen MR) is 93.5 cm³/mol. The monoisotopic (exact) mass is 328 g/mol. The fourth-order valence-corrected chi connectivity index (χ4v) is 4.57. The molecule has 5 heteroatoms. The molecule has 0 aromatic heterocycles. The number of hydrogen-bond donors (Lipinski definition) is 1. The number of carbonyl (C=O) groups is 1. The molecular formula is C17H32N2O2S. The topological polar surface area (TPSA) is 41.6 Å². The summed E-state index contributed by atoms with van der Waals surface area (Å²) in [5, 5.41) is 4.58. The molecule has 128 valence electrons. The van der Waals surface area contributed by atoms with Crippen molar-refractivity contribution < 1.29 is 9.53 Å². The summed E-state index contributed by atoms with van der Waals surface area (Å²) < 4.78 is 5.47. The van der Waals surface area contributed by atoms with E-state index < -0.39 is 5.60 Å². The third-order valence-corrected chi connectivity index (χ3v) is 6.08. The molecule has 2 fully saturated rings. The van der Waals surface area contributed by atoms with Crippen LogP contribution in [0.2, 0.25) is 0 Å². The van der Waals surface area contributed by atoms with Gasteiger partial charge in [0.2, 0.25) is 0 Å². The Balaban J connectivity index is 1.75. The first-order valence-corrected chi connectivity index (χ1v) is 9.64. The van der Waals surface area contributed by atoms with Gasteiger partial charge in [-0.25, -0.2) is 4.79 Å². The van der Waals surface area contributed by atoms with Crippen LogP contribution in [-0.4, -0.2) is 52.8 Å². The maximum Gasteiger partial charge on any atom is 0.410 e. The first-order valence-electron chi connectivity index (χ1n) is 8.60. The van der Waals surface area contributed by atoms with Gasteiger partial charge in [-0.3, -0.25) is 0 Å². The van der Waals surface area contributed by atoms with E-state index in [9.17, 15) is 4.79 Å². The van der Waals surface area contributed by atoms with Crippen LogP contribution in [0.1, 0.15) is 59.8 Å². The van der Waals surface area contributed by atoms with Gasteiger partial charge >= 0.3 is 6.09 Å². The molecule has 0 aromatic rings. The number of thioether (sulfide) groups is 1. The molecule has 0 bridgehead atoms. The lowest BCUT2D eigenvalue weighted by atomic mass is 9.89. The van der Waals surface area contributed by atoms with E-state index in [0.29, 0.717) is 18.1 Å². The van der Waals surface area contributed by atoms with Crippen molar-refractivity contribution in [2.75, 3.05) is 12.8 Å². The van der Waals surface area contributed by atoms with E-state index in [-0.39, 0.29) is 6.09 Å². The SMILES string of the molecule is CC1SCCC1NC1CCC(N(C)C(=O)OC(C)(C)C)CC1. The lowest BCUT2D eigenvalue weighted by molar-refractivity contribution is 0.0178. The summed E-state index contributed by atoms with van der Waals surface area (Å²) in [4.78, 5) is 13.9. The third-order valence-electron chi connectivity index (χ3n) is 4.75. The van der Waals surface area contributed by atoms with Crippen molar-refractivity contribution >= 4 is 17.9 Å². The Bertz CT molecular complexity index is 375. The Morgan fingerprint density at radius 3 is 2.32 bits per heavy atom. The van der Waals surface area contributed by atoms with Gasteiger partial charge < -0.3 is 15.0 Å². The molecule has 4 nitrogen and oxygen atoms in total. The van der Waals surface area contributed by atoms with E-state index in [4.69, 9.17) is 4.74 Å². The summed E-state index contributed by atoms with van der Waals surface area (Å²) in [5.74, 6) is 1.29. The van der Waals surface area contributed by atoms with Crippen LogP contribution in [0.3, 0.4) is 0 Å². The van der Waals surface area contributed by atoms with E-state index >= 15 is 0 Å². The molecule has 1 aliphatic heterocycles. The highest BCUT2D eigenvalue weighted by molar-refractivity contribution is 8.00. The van der Waals surface area contributed by atoms with E-state index in [1.807, 2.05) is 27.8 Å². The molecule has 2 rings (SSSR count). The highest BCUT2D eigenvalue weighted by atomic mass is 32.2. The van der Waals surface area contributed by atoms with Crippen molar-refractivity contribution in [1.82, 2.24) is 10.2 Å². The number of nitrogens with zero attached hydrogens (tertiary/aromatic N) is 1. The number of amides is 1. The number of nitrogens with one attached hydrogen (secondary N) is 1. The minimum Gasteiger partial charge on any atom is -0.444 e. The molecule has 0 spiro atoms. The van der Waals surface area contributed by atoms with Crippen molar-refractivity contribution in [2.45, 2.75) is 88.8 Å². The van der Waals surface area contributed by atoms with Crippen LogP contribution in [0.5, 0.6) is 0 Å². The molecule has 1 saturated heterocycles. The van der Waals surface area contributed by atoms with Gasteiger partial charge in [0, 0.05) is 30.4 Å². The normalized spacial score (nSPS) is 32.8. The summed E-state index contributed by atoms with van der Waals surface area (Å²) >= 11 is 2.08. The fraction of sp³-hybridized carbons (Fsp3) is 0.941. The van der Waals surface area contributed by atoms with Crippen LogP contribution >= 0.6 is 11.8 Å². The first kappa shape index (κ1) is 17.9. The average Bonchev–Trinajstić information content (AvgIpc) is 2.82. The maximum absolute atomic E-state index is 12.1. The van der Waals surface area contributed by atoms with Gasteiger partial charge in [0.25, 0.3) is 0 Å². The van der Waals surface area contributed by atoms with Crippen LogP contribution < -0.4 is 5.32 Å². The Kier molecular flexibility index (Phi) is 6.06. The molecule has 1 heterocycles. The molecule has 2 unspecified atom stereocenters. The highest BCUT2D eigenvalue weighted by Crippen LogP contribution is 2.29. The van der Waals surface area contributed by atoms with Crippen molar-refractivity contribution in [3.63, 3.8) is 0 Å². The summed E-state index contributed by atoms with van der Waals surface area (Å²) in [6, 6.07) is 1.62. The molecule has 2 atom stereocenters. The molecule has 1 aliphatic carbocycles. The highest BCUT2D eigenvalue weighted by Gasteiger charge is 2.31. The lowest BCUT2D eigenvalue weighted by Crippen LogP contribution is -2.47. The standard InChI is InChI=1S/C17H32N2O2S/c1-12-15(10-11-22-12)18-13-6-8-14(9-7-13)19(5)16(20)21-17(2,3)4/h12-15,18H,6-11H2,1-5H3. The van der Waals surface area contributed by atoms with E-state index in [0.717, 1.165) is 30.9 Å². The Labute approximate surface area is 139 Å². The zero-order chi connectivity index (χ0) is 16.3. The number of carbonyl (C=O) groups excluding carboxylic acids is 1. The second-order valence-corrected chi connectivity index (χ2v) is 9.22. The summed E-state index contributed by atoms with van der Waals surface area (Å²) in [6.45, 7) is 8.08. The largest absolute Gasteiger partial charge is 0.444 e. The summed E-state index contributed by atoms with van der Waals surface area (Å²) in [5.41, 5.74) is -0.416. The quantitative estimate of drug-likeness (QED) is 0.858. The summed E-state index contributed by atoms with van der Waals surface area (Å²) in [6.07, 6.45) is 5.56. The zero-order valence-corrected chi connectivity index (χ0v) is 15.5. The van der Waals surface area contributed by atoms with Gasteiger partial charge in [0.05, 0.1) is 0 Å². The Morgan fingerprint density at radius 1 is 1.18 bits per heavy atom. The Morgan fingerprint density at radius 2 is 1.82 bits per heavy atom. The van der Waals surface area contributed by atoms with Gasteiger partial charge in [-0.1, -0.05) is 6.92 Å². The molecule has 0 radical (unpaired) electrons. The molecule has 1 saturated carbocycles. The van der Waals surface area contributed by atoms with Crippen LogP contribution in [0.4, 0.5) is 4.79 Å². The van der Waals surface area contributed by atoms with Gasteiger partial charge in [-0.15, -0.1) is 0 Å². The molecular weight excluding hydrogens is 296 g/mol. The van der Waals surface area contributed by atoms with Gasteiger partial charge in [-0.2, -0.15) is 11.8 Å². The molecule has 22 heavy (non-hydrogen) atoms. The zero-order valence-electron chi connectivity index (χ0n) is 14.7. The third kappa shape index (κ3) is 5.05. The minimum absolute atomic E-state index is 0.190. The molecule has 1 amide bonds. The number of hydrogen-bond acceptors (Lipinski definition) is 4. The van der Waals surface area contributed by atoms with E-state index in [1.54, 1.807) is 4.90 Å². The fourth-order valence-electron chi connectivity index (χ4n) is 3.37. The van der Waals surface area contributed by atoms with Crippen molar-refractivity contribution in [3.05, 3.63) is 0 Å². The predicted octanol–water partition coefficient (Wildman–Crippen LogP) is 3.65. The summed E-state index contributed by atoms with van der Waals surface area (Å²) in [7, 11) is 1.88. The molecule has 0 aromatic carbocycles. The maximum atomic E-state index is 12.1. The lowest BCUT2D eigenvalue weighted by Gasteiger charge is -2.37. The van der Waals surface area contributed by atoms with Crippen LogP contribution in [0, 0.1) is 0 Å². The van der Waals surface area contributed by atoms with Gasteiger partial charge in [-0.05, 0) is 58.6 Å². The Hall–Kier alpha value is -0.420. The smallest absolute Gasteiger partial charge is 0.410 e. The number of rotatable bonds is 3. The van der Waals surface area contributed by atoms with Gasteiger partial charge in [0.15, 0.2) is 0 Å². The van der Waals surface area contributed by atoms with Crippen LogP contribution in [0.15, 0.2) is 0 Å². The first-order chi connectivity index (χ1) is 10.3. The number of ether oxygens (including phenoxy) is 1. The second-order valence-electron chi connectivity index (χ2n) is 7.73.